The molecule has 0 aromatic carbocycles. The molecule has 0 bridgehead atoms. The van der Waals surface area contributed by atoms with E-state index in [4.69, 9.17) is 0 Å². The van der Waals surface area contributed by atoms with Crippen molar-refractivity contribution in [2.75, 3.05) is 0 Å². The molecule has 0 aliphatic carbocycles. The number of hydrogen-bond acceptors (Lipinski definition) is 0. The van der Waals surface area contributed by atoms with Crippen molar-refractivity contribution in [3.63, 3.8) is 0 Å². The summed E-state index contributed by atoms with van der Waals surface area (Å²) in [5.41, 5.74) is 0. The molecule has 0 radical (unpaired) electrons. The van der Waals surface area contributed by atoms with Crippen molar-refractivity contribution in [2.45, 2.75) is 52.6 Å². The first-order valence-electron chi connectivity index (χ1n) is 4.02. The largest absolute Gasteiger partial charge is 0.145 e. The molecule has 0 fully saturated rings. The monoisotopic (exact) mass is 126 g/mol. The van der Waals surface area contributed by atoms with Crippen molar-refractivity contribution in [1.82, 2.24) is 0 Å². The molecule has 54 valence electrons. The van der Waals surface area contributed by atoms with Gasteiger partial charge in [-0.15, -0.1) is 0 Å². The normalized spacial score (nSPS) is 11.7. The Morgan fingerprint density at radius 3 is 1.33 bits per heavy atom. The highest BCUT2D eigenvalue weighted by atomic mass is 14.0. The molecule has 0 rings (SSSR count). The van der Waals surface area contributed by atoms with Crippen LogP contribution in [0.3, 0.4) is 0 Å². The molecular weight excluding hydrogens is 107 g/mol. The van der Waals surface area contributed by atoms with Gasteiger partial charge in [-0.05, 0) is 0 Å². The zero-order valence-corrected chi connectivity index (χ0v) is 7.49. The molecule has 0 aromatic rings. The smallest absolute Gasteiger partial charge is 0.0766 e. The first kappa shape index (κ1) is 9.06. The lowest BCUT2D eigenvalue weighted by atomic mass is 9.32. The molecule has 0 aromatic heterocycles. The van der Waals surface area contributed by atoms with Gasteiger partial charge in [-0.25, -0.2) is 0 Å². The molecule has 0 aliphatic heterocycles. The average molecular weight is 126 g/mol. The fraction of sp³-hybridized carbons (Fsp3) is 1.00. The van der Waals surface area contributed by atoms with E-state index in [0.717, 1.165) is 6.71 Å². The predicted octanol–water partition coefficient (Wildman–Crippen LogP) is 3.32. The van der Waals surface area contributed by atoms with Gasteiger partial charge in [0.25, 0.3) is 0 Å². The van der Waals surface area contributed by atoms with E-state index in [0.29, 0.717) is 5.31 Å². The van der Waals surface area contributed by atoms with E-state index in [-0.39, 0.29) is 0 Å². The van der Waals surface area contributed by atoms with Crippen LogP contribution in [0.2, 0.25) is 18.0 Å². The second-order valence-electron chi connectivity index (χ2n) is 3.88. The molecule has 0 atom stereocenters. The molecule has 0 heterocycles. The first-order chi connectivity index (χ1) is 4.02. The van der Waals surface area contributed by atoms with E-state index in [1.165, 1.54) is 12.6 Å². The SMILES string of the molecule is CCB(CC)C(C)(C)C. The summed E-state index contributed by atoms with van der Waals surface area (Å²) in [5.74, 6) is 0. The van der Waals surface area contributed by atoms with Gasteiger partial charge in [-0.2, -0.15) is 0 Å². The Kier molecular flexibility index (Phi) is 3.31. The Hall–Kier alpha value is 0.0649. The van der Waals surface area contributed by atoms with Gasteiger partial charge in [-0.3, -0.25) is 0 Å². The molecule has 0 saturated heterocycles. The fourth-order valence-corrected chi connectivity index (χ4v) is 1.51. The number of hydrogen-bond donors (Lipinski definition) is 0. The Balaban J connectivity index is 3.79. The van der Waals surface area contributed by atoms with Gasteiger partial charge in [-0.1, -0.05) is 52.6 Å². The molecule has 0 amide bonds. The van der Waals surface area contributed by atoms with E-state index in [1.54, 1.807) is 0 Å². The summed E-state index contributed by atoms with van der Waals surface area (Å²) in [5, 5.41) is 0.517. The second kappa shape index (κ2) is 3.29. The zero-order valence-electron chi connectivity index (χ0n) is 7.49. The second-order valence-corrected chi connectivity index (χ2v) is 3.88. The summed E-state index contributed by atoms with van der Waals surface area (Å²) in [4.78, 5) is 0. The van der Waals surface area contributed by atoms with Gasteiger partial charge < -0.3 is 0 Å². The van der Waals surface area contributed by atoms with Gasteiger partial charge in [0.1, 0.15) is 6.71 Å². The Bertz CT molecular complexity index is 67.1. The van der Waals surface area contributed by atoms with Crippen LogP contribution >= 0.6 is 0 Å². The van der Waals surface area contributed by atoms with E-state index in [1.807, 2.05) is 0 Å². The summed E-state index contributed by atoms with van der Waals surface area (Å²) in [6.45, 7) is 12.4. The van der Waals surface area contributed by atoms with Crippen LogP contribution in [0.1, 0.15) is 34.6 Å². The predicted molar refractivity (Wildman–Crippen MR) is 46.4 cm³/mol. The lowest BCUT2D eigenvalue weighted by Gasteiger charge is -2.25. The van der Waals surface area contributed by atoms with Crippen molar-refractivity contribution in [1.29, 1.82) is 0 Å². The maximum Gasteiger partial charge on any atom is 0.145 e. The molecule has 0 N–H and O–H groups in total. The fourth-order valence-electron chi connectivity index (χ4n) is 1.51. The van der Waals surface area contributed by atoms with Crippen molar-refractivity contribution < 1.29 is 0 Å². The van der Waals surface area contributed by atoms with E-state index < -0.39 is 0 Å². The van der Waals surface area contributed by atoms with E-state index >= 15 is 0 Å². The Labute approximate surface area is 60.1 Å². The third-order valence-corrected chi connectivity index (χ3v) is 2.21. The van der Waals surface area contributed by atoms with Gasteiger partial charge >= 0.3 is 0 Å². The third-order valence-electron chi connectivity index (χ3n) is 2.21. The van der Waals surface area contributed by atoms with Crippen LogP contribution < -0.4 is 0 Å². The minimum atomic E-state index is 0.517. The standard InChI is InChI=1S/C8H19B/c1-6-9(7-2)8(3,4)5/h6-7H2,1-5H3. The topological polar surface area (TPSA) is 0 Å². The molecular formula is C8H19B. The zero-order chi connectivity index (χ0) is 7.49. The van der Waals surface area contributed by atoms with E-state index in [9.17, 15) is 0 Å². The summed E-state index contributed by atoms with van der Waals surface area (Å²) in [6.07, 6.45) is 2.64. The van der Waals surface area contributed by atoms with Crippen molar-refractivity contribution in [3.8, 4) is 0 Å². The average Bonchev–Trinajstić information content (AvgIpc) is 1.65. The van der Waals surface area contributed by atoms with Crippen molar-refractivity contribution in [3.05, 3.63) is 0 Å². The highest BCUT2D eigenvalue weighted by molar-refractivity contribution is 6.61. The Morgan fingerprint density at radius 2 is 1.33 bits per heavy atom. The third kappa shape index (κ3) is 2.93. The van der Waals surface area contributed by atoms with Gasteiger partial charge in [0.2, 0.25) is 0 Å². The molecule has 0 unspecified atom stereocenters. The molecule has 1 heteroatoms. The van der Waals surface area contributed by atoms with Crippen molar-refractivity contribution >= 4 is 6.71 Å². The van der Waals surface area contributed by atoms with E-state index in [2.05, 4.69) is 34.6 Å². The Morgan fingerprint density at radius 1 is 1.00 bits per heavy atom. The van der Waals surface area contributed by atoms with Crippen molar-refractivity contribution in [2.24, 2.45) is 0 Å². The summed E-state index contributed by atoms with van der Waals surface area (Å²) in [6, 6.07) is 0. The lowest BCUT2D eigenvalue weighted by Crippen LogP contribution is -2.22. The highest BCUT2D eigenvalue weighted by Gasteiger charge is 2.23. The quantitative estimate of drug-likeness (QED) is 0.498. The van der Waals surface area contributed by atoms with Crippen LogP contribution in [0.4, 0.5) is 0 Å². The molecule has 0 saturated carbocycles. The molecule has 0 nitrogen and oxygen atoms in total. The minimum absolute atomic E-state index is 0.517. The van der Waals surface area contributed by atoms with Crippen LogP contribution in [0.25, 0.3) is 0 Å². The van der Waals surface area contributed by atoms with Gasteiger partial charge in [0.05, 0.1) is 0 Å². The summed E-state index contributed by atoms with van der Waals surface area (Å²) in [7, 11) is 0. The van der Waals surface area contributed by atoms with Gasteiger partial charge in [0.15, 0.2) is 0 Å². The molecule has 9 heavy (non-hydrogen) atoms. The van der Waals surface area contributed by atoms with Gasteiger partial charge in [0, 0.05) is 0 Å². The maximum absolute atomic E-state index is 2.32. The highest BCUT2D eigenvalue weighted by Crippen LogP contribution is 2.30. The summed E-state index contributed by atoms with van der Waals surface area (Å²) >= 11 is 0. The van der Waals surface area contributed by atoms with Crippen LogP contribution in [-0.4, -0.2) is 6.71 Å². The van der Waals surface area contributed by atoms with Crippen LogP contribution in [0.15, 0.2) is 0 Å². The molecule has 0 aliphatic rings. The lowest BCUT2D eigenvalue weighted by molar-refractivity contribution is 0.728. The molecule has 0 spiro atoms. The van der Waals surface area contributed by atoms with Crippen LogP contribution in [0.5, 0.6) is 0 Å². The summed E-state index contributed by atoms with van der Waals surface area (Å²) < 4.78 is 0. The van der Waals surface area contributed by atoms with Crippen LogP contribution in [-0.2, 0) is 0 Å². The first-order valence-corrected chi connectivity index (χ1v) is 4.02. The minimum Gasteiger partial charge on any atom is -0.0766 e. The maximum atomic E-state index is 2.32. The number of rotatable bonds is 2. The van der Waals surface area contributed by atoms with Crippen LogP contribution in [0, 0.1) is 0 Å².